The van der Waals surface area contributed by atoms with Crippen LogP contribution in [0.25, 0.3) is 0 Å². The van der Waals surface area contributed by atoms with Crippen molar-refractivity contribution in [2.45, 2.75) is 25.0 Å². The van der Waals surface area contributed by atoms with Gasteiger partial charge in [0.25, 0.3) is 0 Å². The van der Waals surface area contributed by atoms with Gasteiger partial charge >= 0.3 is 0 Å². The molecule has 0 bridgehead atoms. The van der Waals surface area contributed by atoms with Crippen LogP contribution in [0.4, 0.5) is 0 Å². The number of nitrogens with one attached hydrogen (secondary N) is 1. The van der Waals surface area contributed by atoms with Crippen molar-refractivity contribution in [2.24, 2.45) is 4.99 Å². The minimum Gasteiger partial charge on any atom is -0.394 e. The zero-order valence-corrected chi connectivity index (χ0v) is 11.9. The van der Waals surface area contributed by atoms with Crippen molar-refractivity contribution in [3.63, 3.8) is 0 Å². The molecule has 2 aliphatic heterocycles. The van der Waals surface area contributed by atoms with Crippen LogP contribution in [0.5, 0.6) is 0 Å². The van der Waals surface area contributed by atoms with Crippen LogP contribution in [0.3, 0.4) is 0 Å². The molecule has 0 aromatic carbocycles. The van der Waals surface area contributed by atoms with E-state index in [1.807, 2.05) is 7.05 Å². The predicted molar refractivity (Wildman–Crippen MR) is 73.3 cm³/mol. The fraction of sp³-hybridized carbons (Fsp3) is 0.900. The van der Waals surface area contributed by atoms with Crippen molar-refractivity contribution < 1.29 is 9.84 Å². The first-order chi connectivity index (χ1) is 7.29. The fourth-order valence-corrected chi connectivity index (χ4v) is 1.99. The highest BCUT2D eigenvalue weighted by Gasteiger charge is 2.25. The number of ether oxygens (including phenoxy) is 1. The zero-order valence-electron chi connectivity index (χ0n) is 9.56. The lowest BCUT2D eigenvalue weighted by Gasteiger charge is -2.18. The highest BCUT2D eigenvalue weighted by Crippen LogP contribution is 2.18. The van der Waals surface area contributed by atoms with Crippen molar-refractivity contribution in [1.82, 2.24) is 10.2 Å². The van der Waals surface area contributed by atoms with E-state index in [1.165, 1.54) is 0 Å². The van der Waals surface area contributed by atoms with Crippen LogP contribution >= 0.6 is 24.0 Å². The third kappa shape index (κ3) is 3.46. The van der Waals surface area contributed by atoms with Gasteiger partial charge in [0.15, 0.2) is 5.96 Å². The van der Waals surface area contributed by atoms with E-state index in [0.717, 1.165) is 38.4 Å². The molecule has 0 aromatic rings. The molecule has 0 radical (unpaired) electrons. The largest absolute Gasteiger partial charge is 0.394 e. The maximum absolute atomic E-state index is 8.93. The van der Waals surface area contributed by atoms with Crippen molar-refractivity contribution in [3.05, 3.63) is 0 Å². The molecule has 2 heterocycles. The van der Waals surface area contributed by atoms with Crippen LogP contribution in [-0.2, 0) is 4.74 Å². The summed E-state index contributed by atoms with van der Waals surface area (Å²) in [6.45, 7) is 2.80. The summed E-state index contributed by atoms with van der Waals surface area (Å²) in [5.41, 5.74) is 0. The molecule has 2 rings (SSSR count). The van der Waals surface area contributed by atoms with Gasteiger partial charge in [-0.2, -0.15) is 0 Å². The molecule has 0 aliphatic carbocycles. The number of rotatable bonds is 3. The topological polar surface area (TPSA) is 57.1 Å². The van der Waals surface area contributed by atoms with Gasteiger partial charge in [-0.05, 0) is 12.8 Å². The quantitative estimate of drug-likeness (QED) is 0.712. The lowest BCUT2D eigenvalue weighted by atomic mass is 10.2. The van der Waals surface area contributed by atoms with E-state index in [0.29, 0.717) is 0 Å². The second-order valence-electron chi connectivity index (χ2n) is 4.15. The van der Waals surface area contributed by atoms with E-state index in [4.69, 9.17) is 9.84 Å². The van der Waals surface area contributed by atoms with Gasteiger partial charge < -0.3 is 20.1 Å². The maximum atomic E-state index is 8.93. The lowest BCUT2D eigenvalue weighted by Crippen LogP contribution is -2.39. The van der Waals surface area contributed by atoms with Gasteiger partial charge in [0.2, 0.25) is 0 Å². The molecule has 94 valence electrons. The van der Waals surface area contributed by atoms with Gasteiger partial charge in [-0.25, -0.2) is 0 Å². The number of hydrogen-bond donors (Lipinski definition) is 2. The number of aliphatic imine (C=N–C) groups is 1. The summed E-state index contributed by atoms with van der Waals surface area (Å²) in [6.07, 6.45) is 2.25. The monoisotopic (exact) mass is 341 g/mol. The number of halogens is 1. The Hall–Kier alpha value is -0.0800. The molecule has 5 nitrogen and oxygen atoms in total. The van der Waals surface area contributed by atoms with Crippen molar-refractivity contribution in [1.29, 1.82) is 0 Å². The van der Waals surface area contributed by atoms with E-state index in [1.54, 1.807) is 0 Å². The van der Waals surface area contributed by atoms with Gasteiger partial charge in [0, 0.05) is 20.1 Å². The average molecular weight is 341 g/mol. The Kier molecular flexibility index (Phi) is 5.77. The molecule has 0 saturated carbocycles. The summed E-state index contributed by atoms with van der Waals surface area (Å²) in [7, 11) is 2.03. The third-order valence-electron chi connectivity index (χ3n) is 2.95. The maximum Gasteiger partial charge on any atom is 0.193 e. The van der Waals surface area contributed by atoms with Crippen molar-refractivity contribution in [3.8, 4) is 0 Å². The Morgan fingerprint density at radius 2 is 2.25 bits per heavy atom. The molecule has 0 spiro atoms. The van der Waals surface area contributed by atoms with Gasteiger partial charge in [0.05, 0.1) is 25.4 Å². The Bertz CT molecular complexity index is 250. The molecule has 1 saturated heterocycles. The number of aliphatic hydroxyl groups excluding tert-OH is 1. The van der Waals surface area contributed by atoms with Gasteiger partial charge in [-0.1, -0.05) is 0 Å². The highest BCUT2D eigenvalue weighted by atomic mass is 127. The molecule has 16 heavy (non-hydrogen) atoms. The predicted octanol–water partition coefficient (Wildman–Crippen LogP) is 0.0353. The average Bonchev–Trinajstić information content (AvgIpc) is 2.84. The van der Waals surface area contributed by atoms with E-state index in [9.17, 15) is 0 Å². The van der Waals surface area contributed by atoms with Crippen LogP contribution < -0.4 is 5.32 Å². The Morgan fingerprint density at radius 3 is 2.81 bits per heavy atom. The third-order valence-corrected chi connectivity index (χ3v) is 2.95. The van der Waals surface area contributed by atoms with Crippen molar-refractivity contribution in [2.75, 3.05) is 33.3 Å². The first-order valence-electron chi connectivity index (χ1n) is 5.55. The summed E-state index contributed by atoms with van der Waals surface area (Å²) in [4.78, 5) is 6.45. The van der Waals surface area contributed by atoms with Crippen LogP contribution in [0.15, 0.2) is 4.99 Å². The Labute approximate surface area is 113 Å². The lowest BCUT2D eigenvalue weighted by molar-refractivity contribution is 0.0139. The summed E-state index contributed by atoms with van der Waals surface area (Å²) in [5.74, 6) is 0.964. The minimum absolute atomic E-state index is 0. The van der Waals surface area contributed by atoms with Crippen LogP contribution in [-0.4, -0.2) is 61.5 Å². The van der Waals surface area contributed by atoms with Crippen LogP contribution in [0, 0.1) is 0 Å². The molecule has 0 amide bonds. The molecule has 0 aromatic heterocycles. The summed E-state index contributed by atoms with van der Waals surface area (Å²) < 4.78 is 5.62. The molecule has 6 heteroatoms. The Balaban J connectivity index is 0.00000128. The summed E-state index contributed by atoms with van der Waals surface area (Å²) in [5, 5.41) is 12.2. The van der Waals surface area contributed by atoms with Gasteiger partial charge in [0.1, 0.15) is 0 Å². The molecule has 0 unspecified atom stereocenters. The number of likely N-dealkylation sites (N-methyl/N-ethyl adjacent to an activating group) is 1. The minimum atomic E-state index is 0. The first kappa shape index (κ1) is 14.0. The second-order valence-corrected chi connectivity index (χ2v) is 4.15. The van der Waals surface area contributed by atoms with E-state index >= 15 is 0 Å². The van der Waals surface area contributed by atoms with Crippen LogP contribution in [0.2, 0.25) is 0 Å². The normalized spacial score (nSPS) is 28.9. The zero-order chi connectivity index (χ0) is 10.7. The molecule has 2 atom stereocenters. The number of nitrogens with zero attached hydrogens (tertiary/aromatic N) is 2. The smallest absolute Gasteiger partial charge is 0.193 e. The van der Waals surface area contributed by atoms with E-state index < -0.39 is 0 Å². The molecule has 2 N–H and O–H groups in total. The fourth-order valence-electron chi connectivity index (χ4n) is 1.99. The first-order valence-corrected chi connectivity index (χ1v) is 5.55. The van der Waals surface area contributed by atoms with Gasteiger partial charge in [-0.3, -0.25) is 4.99 Å². The van der Waals surface area contributed by atoms with Crippen LogP contribution in [0.1, 0.15) is 12.8 Å². The molecule has 2 aliphatic rings. The number of guanidine groups is 1. The highest BCUT2D eigenvalue weighted by molar-refractivity contribution is 14.0. The standard InChI is InChI=1S/C10H19N3O2.HI/c1-13-5-4-11-10(13)12-6-8-2-3-9(7-14)15-8;/h8-9,14H,2-7H2,1H3,(H,11,12);1H/t8-,9+;/m1./s1. The number of aliphatic hydroxyl groups is 1. The van der Waals surface area contributed by atoms with Crippen molar-refractivity contribution >= 4 is 29.9 Å². The summed E-state index contributed by atoms with van der Waals surface area (Å²) in [6, 6.07) is 0. The second kappa shape index (κ2) is 6.61. The molecular formula is C10H20IN3O2. The van der Waals surface area contributed by atoms with E-state index in [-0.39, 0.29) is 42.8 Å². The Morgan fingerprint density at radius 1 is 1.50 bits per heavy atom. The molecule has 1 fully saturated rings. The van der Waals surface area contributed by atoms with Gasteiger partial charge in [-0.15, -0.1) is 24.0 Å². The van der Waals surface area contributed by atoms with E-state index in [2.05, 4.69) is 15.2 Å². The molecular weight excluding hydrogens is 321 g/mol. The number of hydrogen-bond acceptors (Lipinski definition) is 5. The summed E-state index contributed by atoms with van der Waals surface area (Å²) >= 11 is 0. The SMILES string of the molecule is CN1CCN=C1NC[C@H]1CC[C@@H](CO)O1.I.